The van der Waals surface area contributed by atoms with Gasteiger partial charge in [0.2, 0.25) is 11.8 Å². The van der Waals surface area contributed by atoms with E-state index in [1.54, 1.807) is 0 Å². The number of carbonyl (C=O) groups excluding carboxylic acids is 2. The van der Waals surface area contributed by atoms with Crippen molar-refractivity contribution in [2.45, 2.75) is 44.8 Å². The number of aromatic amines is 1. The highest BCUT2D eigenvalue weighted by Crippen LogP contribution is 2.23. The fourth-order valence-electron chi connectivity index (χ4n) is 4.71. The van der Waals surface area contributed by atoms with Gasteiger partial charge < -0.3 is 10.6 Å². The molecule has 1 fully saturated rings. The maximum atomic E-state index is 12.7. The lowest BCUT2D eigenvalue weighted by Crippen LogP contribution is -2.56. The molecule has 2 heterocycles. The zero-order valence-electron chi connectivity index (χ0n) is 17.5. The molecule has 0 saturated carbocycles. The molecule has 160 valence electrons. The summed E-state index contributed by atoms with van der Waals surface area (Å²) in [7, 11) is 0. The molecular formula is C24H27N5O2. The summed E-state index contributed by atoms with van der Waals surface area (Å²) in [4.78, 5) is 27.4. The third-order valence-corrected chi connectivity index (χ3v) is 6.36. The highest BCUT2D eigenvalue weighted by atomic mass is 16.2. The van der Waals surface area contributed by atoms with E-state index in [4.69, 9.17) is 0 Å². The van der Waals surface area contributed by atoms with Gasteiger partial charge in [-0.25, -0.2) is 0 Å². The fourth-order valence-corrected chi connectivity index (χ4v) is 4.71. The van der Waals surface area contributed by atoms with Gasteiger partial charge in [0, 0.05) is 25.3 Å². The second kappa shape index (κ2) is 8.51. The van der Waals surface area contributed by atoms with E-state index in [-0.39, 0.29) is 18.2 Å². The van der Waals surface area contributed by atoms with Crippen molar-refractivity contribution in [3.05, 3.63) is 65.0 Å². The summed E-state index contributed by atoms with van der Waals surface area (Å²) in [5, 5.41) is 15.7. The average Bonchev–Trinajstić information content (AvgIpc) is 3.39. The Morgan fingerprint density at radius 2 is 2.03 bits per heavy atom. The lowest BCUT2D eigenvalue weighted by atomic mass is 10.0. The third-order valence-electron chi connectivity index (χ3n) is 6.36. The molecule has 31 heavy (non-hydrogen) atoms. The van der Waals surface area contributed by atoms with Crippen LogP contribution in [0.2, 0.25) is 0 Å². The summed E-state index contributed by atoms with van der Waals surface area (Å²) in [5.74, 6) is -0.205. The van der Waals surface area contributed by atoms with E-state index < -0.39 is 6.04 Å². The normalized spacial score (nSPS) is 18.7. The highest BCUT2D eigenvalue weighted by Gasteiger charge is 2.31. The number of hydrogen-bond acceptors (Lipinski definition) is 4. The average molecular weight is 418 g/mol. The van der Waals surface area contributed by atoms with Crippen molar-refractivity contribution in [3.63, 3.8) is 0 Å². The van der Waals surface area contributed by atoms with E-state index in [1.165, 1.54) is 22.0 Å². The van der Waals surface area contributed by atoms with Crippen molar-refractivity contribution < 1.29 is 9.59 Å². The molecule has 1 atom stereocenters. The lowest BCUT2D eigenvalue weighted by Gasteiger charge is -2.34. The first kappa shape index (κ1) is 19.8. The topological polar surface area (TPSA) is 90.1 Å². The number of piperazine rings is 1. The van der Waals surface area contributed by atoms with Crippen LogP contribution in [0, 0.1) is 0 Å². The van der Waals surface area contributed by atoms with Crippen LogP contribution in [-0.4, -0.2) is 46.0 Å². The number of fused-ring (bicyclic) bond motifs is 2. The largest absolute Gasteiger partial charge is 0.353 e. The maximum Gasteiger partial charge on any atom is 0.237 e. The number of carbonyl (C=O) groups is 2. The van der Waals surface area contributed by atoms with Crippen LogP contribution in [0.15, 0.2) is 42.5 Å². The summed E-state index contributed by atoms with van der Waals surface area (Å²) in [6.07, 6.45) is 3.33. The Labute approximate surface area is 181 Å². The molecule has 0 radical (unpaired) electrons. The number of hydrogen-bond donors (Lipinski definition) is 3. The highest BCUT2D eigenvalue weighted by molar-refractivity contribution is 5.89. The summed E-state index contributed by atoms with van der Waals surface area (Å²) >= 11 is 0. The summed E-state index contributed by atoms with van der Waals surface area (Å²) in [5.41, 5.74) is 4.50. The molecule has 0 bridgehead atoms. The van der Waals surface area contributed by atoms with Crippen molar-refractivity contribution in [1.29, 1.82) is 0 Å². The SMILES string of the molecule is O=C(CC1C(=O)NCCN1Cc1ccc2ccccc2c1)NCc1n[nH]c2c1CCC2. The van der Waals surface area contributed by atoms with E-state index in [0.717, 1.165) is 37.1 Å². The zero-order valence-corrected chi connectivity index (χ0v) is 17.5. The molecule has 1 aromatic heterocycles. The van der Waals surface area contributed by atoms with Gasteiger partial charge in [-0.2, -0.15) is 5.10 Å². The minimum atomic E-state index is -0.467. The van der Waals surface area contributed by atoms with Crippen LogP contribution in [0.5, 0.6) is 0 Å². The molecule has 1 saturated heterocycles. The van der Waals surface area contributed by atoms with Gasteiger partial charge in [0.15, 0.2) is 0 Å². The number of nitrogens with one attached hydrogen (secondary N) is 3. The van der Waals surface area contributed by atoms with Gasteiger partial charge in [0.05, 0.1) is 24.7 Å². The Morgan fingerprint density at radius 3 is 2.94 bits per heavy atom. The maximum absolute atomic E-state index is 12.7. The molecule has 7 nitrogen and oxygen atoms in total. The number of amides is 2. The number of H-pyrrole nitrogens is 1. The fraction of sp³-hybridized carbons (Fsp3) is 0.375. The number of nitrogens with zero attached hydrogens (tertiary/aromatic N) is 2. The third kappa shape index (κ3) is 4.18. The van der Waals surface area contributed by atoms with Gasteiger partial charge >= 0.3 is 0 Å². The summed E-state index contributed by atoms with van der Waals surface area (Å²) in [6.45, 7) is 2.38. The molecule has 2 amide bonds. The molecular weight excluding hydrogens is 390 g/mol. The minimum Gasteiger partial charge on any atom is -0.353 e. The second-order valence-corrected chi connectivity index (χ2v) is 8.42. The van der Waals surface area contributed by atoms with Crippen molar-refractivity contribution in [2.75, 3.05) is 13.1 Å². The Kier molecular flexibility index (Phi) is 5.42. The number of aryl methyl sites for hydroxylation is 1. The molecule has 2 aromatic carbocycles. The molecule has 3 aromatic rings. The Balaban J connectivity index is 1.24. The number of rotatable bonds is 6. The monoisotopic (exact) mass is 417 g/mol. The molecule has 3 N–H and O–H groups in total. The van der Waals surface area contributed by atoms with Gasteiger partial charge in [-0.05, 0) is 47.2 Å². The predicted molar refractivity (Wildman–Crippen MR) is 118 cm³/mol. The standard InChI is InChI=1S/C24H27N5O2/c30-23(26-14-21-19-6-3-7-20(19)27-28-21)13-22-24(31)25-10-11-29(22)15-16-8-9-17-4-1-2-5-18(17)12-16/h1-2,4-5,8-9,12,22H,3,6-7,10-11,13-15H2,(H,25,31)(H,26,30)(H,27,28). The predicted octanol–water partition coefficient (Wildman–Crippen LogP) is 2.06. The second-order valence-electron chi connectivity index (χ2n) is 8.42. The number of benzene rings is 2. The van der Waals surface area contributed by atoms with Crippen LogP contribution in [-0.2, 0) is 35.5 Å². The Hall–Kier alpha value is -3.19. The first-order valence-corrected chi connectivity index (χ1v) is 11.0. The van der Waals surface area contributed by atoms with Gasteiger partial charge in [-0.3, -0.25) is 19.6 Å². The molecule has 0 spiro atoms. The van der Waals surface area contributed by atoms with Gasteiger partial charge in [0.1, 0.15) is 0 Å². The van der Waals surface area contributed by atoms with Crippen molar-refractivity contribution in [2.24, 2.45) is 0 Å². The molecule has 1 aliphatic heterocycles. The smallest absolute Gasteiger partial charge is 0.237 e. The van der Waals surface area contributed by atoms with Crippen LogP contribution in [0.1, 0.15) is 35.4 Å². The first-order chi connectivity index (χ1) is 15.2. The molecule has 2 aliphatic rings. The molecule has 1 unspecified atom stereocenters. The van der Waals surface area contributed by atoms with E-state index in [0.29, 0.717) is 19.6 Å². The minimum absolute atomic E-state index is 0.0807. The molecule has 1 aliphatic carbocycles. The number of aromatic nitrogens is 2. The summed E-state index contributed by atoms with van der Waals surface area (Å²) < 4.78 is 0. The van der Waals surface area contributed by atoms with Crippen molar-refractivity contribution >= 4 is 22.6 Å². The summed E-state index contributed by atoms with van der Waals surface area (Å²) in [6, 6.07) is 14.2. The molecule has 7 heteroatoms. The van der Waals surface area contributed by atoms with Crippen LogP contribution in [0.4, 0.5) is 0 Å². The van der Waals surface area contributed by atoms with Crippen molar-refractivity contribution in [1.82, 2.24) is 25.7 Å². The Bertz CT molecular complexity index is 1120. The Morgan fingerprint density at radius 1 is 1.16 bits per heavy atom. The van der Waals surface area contributed by atoms with Crippen LogP contribution < -0.4 is 10.6 Å². The van der Waals surface area contributed by atoms with E-state index >= 15 is 0 Å². The first-order valence-electron chi connectivity index (χ1n) is 11.0. The van der Waals surface area contributed by atoms with Gasteiger partial charge in [-0.1, -0.05) is 36.4 Å². The van der Waals surface area contributed by atoms with Crippen LogP contribution in [0.25, 0.3) is 10.8 Å². The van der Waals surface area contributed by atoms with E-state index in [1.807, 2.05) is 12.1 Å². The lowest BCUT2D eigenvalue weighted by molar-refractivity contribution is -0.134. The van der Waals surface area contributed by atoms with E-state index in [2.05, 4.69) is 56.1 Å². The van der Waals surface area contributed by atoms with Crippen LogP contribution >= 0.6 is 0 Å². The van der Waals surface area contributed by atoms with Gasteiger partial charge in [0.25, 0.3) is 0 Å². The zero-order chi connectivity index (χ0) is 21.2. The van der Waals surface area contributed by atoms with Crippen molar-refractivity contribution in [3.8, 4) is 0 Å². The van der Waals surface area contributed by atoms with Gasteiger partial charge in [-0.15, -0.1) is 0 Å². The van der Waals surface area contributed by atoms with Crippen LogP contribution in [0.3, 0.4) is 0 Å². The van der Waals surface area contributed by atoms with E-state index in [9.17, 15) is 9.59 Å². The quantitative estimate of drug-likeness (QED) is 0.573. The molecule has 5 rings (SSSR count).